The van der Waals surface area contributed by atoms with E-state index in [1.165, 1.54) is 6.42 Å². The van der Waals surface area contributed by atoms with Gasteiger partial charge in [-0.1, -0.05) is 25.4 Å². The molecular formula is C19H28ClN3O. The maximum Gasteiger partial charge on any atom is 0.131 e. The van der Waals surface area contributed by atoms with Gasteiger partial charge < -0.3 is 15.0 Å². The zero-order chi connectivity index (χ0) is 17.5. The largest absolute Gasteiger partial charge is 0.496 e. The maximum atomic E-state index is 6.14. The fourth-order valence-corrected chi connectivity index (χ4v) is 3.20. The molecule has 1 heterocycles. The Hall–Kier alpha value is -1.52. The van der Waals surface area contributed by atoms with Crippen molar-refractivity contribution in [2.75, 3.05) is 32.1 Å². The molecule has 5 heteroatoms. The lowest BCUT2D eigenvalue weighted by molar-refractivity contribution is 0.295. The SMILES string of the molecule is CCN(CC)CCCC(C)Nc1ccnc2cc(Cl)cc(OC)c12. The number of aromatic nitrogens is 1. The molecule has 0 aliphatic rings. The predicted octanol–water partition coefficient (Wildman–Crippen LogP) is 4.82. The number of rotatable bonds is 9. The van der Waals surface area contributed by atoms with Crippen molar-refractivity contribution < 1.29 is 4.74 Å². The first kappa shape index (κ1) is 18.8. The standard InChI is InChI=1S/C19H28ClN3O/c1-5-23(6-2)11-7-8-14(3)22-16-9-10-21-17-12-15(20)13-18(24-4)19(16)17/h9-10,12-14H,5-8,11H2,1-4H3,(H,21,22). The van der Waals surface area contributed by atoms with Crippen molar-refractivity contribution in [2.24, 2.45) is 0 Å². The van der Waals surface area contributed by atoms with Gasteiger partial charge in [0.2, 0.25) is 0 Å². The van der Waals surface area contributed by atoms with Gasteiger partial charge in [-0.3, -0.25) is 4.98 Å². The van der Waals surface area contributed by atoms with Crippen molar-refractivity contribution >= 4 is 28.2 Å². The molecule has 0 aliphatic carbocycles. The minimum atomic E-state index is 0.381. The highest BCUT2D eigenvalue weighted by atomic mass is 35.5. The van der Waals surface area contributed by atoms with E-state index in [9.17, 15) is 0 Å². The average molecular weight is 350 g/mol. The molecule has 1 aromatic carbocycles. The highest BCUT2D eigenvalue weighted by molar-refractivity contribution is 6.31. The van der Waals surface area contributed by atoms with Crippen LogP contribution >= 0.6 is 11.6 Å². The summed E-state index contributed by atoms with van der Waals surface area (Å²) in [5.41, 5.74) is 1.89. The van der Waals surface area contributed by atoms with E-state index in [1.54, 1.807) is 7.11 Å². The van der Waals surface area contributed by atoms with Gasteiger partial charge in [0.05, 0.1) is 18.0 Å². The van der Waals surface area contributed by atoms with Crippen molar-refractivity contribution in [2.45, 2.75) is 39.7 Å². The Labute approximate surface area is 150 Å². The molecule has 0 spiro atoms. The number of methoxy groups -OCH3 is 1. The highest BCUT2D eigenvalue weighted by Crippen LogP contribution is 2.34. The van der Waals surface area contributed by atoms with Crippen molar-refractivity contribution in [3.8, 4) is 5.75 Å². The first-order valence-corrected chi connectivity index (χ1v) is 9.08. The van der Waals surface area contributed by atoms with Crippen LogP contribution in [0.25, 0.3) is 10.9 Å². The lowest BCUT2D eigenvalue weighted by Gasteiger charge is -2.21. The summed E-state index contributed by atoms with van der Waals surface area (Å²) in [6, 6.07) is 6.09. The summed E-state index contributed by atoms with van der Waals surface area (Å²) in [6.07, 6.45) is 4.11. The summed E-state index contributed by atoms with van der Waals surface area (Å²) < 4.78 is 5.50. The van der Waals surface area contributed by atoms with Gasteiger partial charge in [0.1, 0.15) is 5.75 Å². The molecule has 2 rings (SSSR count). The molecule has 0 aliphatic heterocycles. The molecule has 0 radical (unpaired) electrons. The molecule has 132 valence electrons. The summed E-state index contributed by atoms with van der Waals surface area (Å²) in [4.78, 5) is 6.87. The molecule has 1 unspecified atom stereocenters. The van der Waals surface area contributed by atoms with Crippen molar-refractivity contribution in [3.05, 3.63) is 29.4 Å². The second-order valence-electron chi connectivity index (χ2n) is 6.08. The second-order valence-corrected chi connectivity index (χ2v) is 6.51. The van der Waals surface area contributed by atoms with Crippen LogP contribution in [0.3, 0.4) is 0 Å². The summed E-state index contributed by atoms with van der Waals surface area (Å²) in [5.74, 6) is 0.753. The number of ether oxygens (including phenoxy) is 1. The second kappa shape index (κ2) is 9.09. The fraction of sp³-hybridized carbons (Fsp3) is 0.526. The van der Waals surface area contributed by atoms with Crippen molar-refractivity contribution in [1.29, 1.82) is 0 Å². The Kier molecular flexibility index (Phi) is 7.13. The zero-order valence-corrected chi connectivity index (χ0v) is 15.9. The summed E-state index contributed by atoms with van der Waals surface area (Å²) >= 11 is 6.14. The Bertz CT molecular complexity index is 658. The quantitative estimate of drug-likeness (QED) is 0.704. The van der Waals surface area contributed by atoms with Gasteiger partial charge in [-0.2, -0.15) is 0 Å². The summed E-state index contributed by atoms with van der Waals surface area (Å²) in [7, 11) is 1.66. The lowest BCUT2D eigenvalue weighted by Crippen LogP contribution is -2.25. The van der Waals surface area contributed by atoms with Crippen LogP contribution < -0.4 is 10.1 Å². The van der Waals surface area contributed by atoms with E-state index in [0.29, 0.717) is 11.1 Å². The van der Waals surface area contributed by atoms with Gasteiger partial charge in [0, 0.05) is 22.9 Å². The third kappa shape index (κ3) is 4.74. The number of halogens is 1. The van der Waals surface area contributed by atoms with Crippen LogP contribution in [0.2, 0.25) is 5.02 Å². The Morgan fingerprint density at radius 3 is 2.71 bits per heavy atom. The van der Waals surface area contributed by atoms with E-state index in [0.717, 1.165) is 48.4 Å². The minimum absolute atomic E-state index is 0.381. The molecule has 0 amide bonds. The fourth-order valence-electron chi connectivity index (χ4n) is 3.00. The van der Waals surface area contributed by atoms with Crippen LogP contribution in [0.1, 0.15) is 33.6 Å². The van der Waals surface area contributed by atoms with Crippen LogP contribution in [0.15, 0.2) is 24.4 Å². The van der Waals surface area contributed by atoms with Crippen LogP contribution in [-0.2, 0) is 0 Å². The van der Waals surface area contributed by atoms with E-state index in [1.807, 2.05) is 24.4 Å². The molecule has 0 fully saturated rings. The predicted molar refractivity (Wildman–Crippen MR) is 103 cm³/mol. The number of hydrogen-bond acceptors (Lipinski definition) is 4. The van der Waals surface area contributed by atoms with Crippen LogP contribution in [-0.4, -0.2) is 42.7 Å². The van der Waals surface area contributed by atoms with Gasteiger partial charge in [-0.05, 0) is 57.6 Å². The van der Waals surface area contributed by atoms with Crippen molar-refractivity contribution in [3.63, 3.8) is 0 Å². The Balaban J connectivity index is 2.09. The molecule has 0 saturated heterocycles. The molecule has 0 saturated carbocycles. The molecular weight excluding hydrogens is 322 g/mol. The van der Waals surface area contributed by atoms with E-state index in [4.69, 9.17) is 16.3 Å². The molecule has 0 bridgehead atoms. The van der Waals surface area contributed by atoms with E-state index >= 15 is 0 Å². The number of fused-ring (bicyclic) bond motifs is 1. The summed E-state index contributed by atoms with van der Waals surface area (Å²) in [6.45, 7) is 10.0. The monoisotopic (exact) mass is 349 g/mol. The maximum absolute atomic E-state index is 6.14. The lowest BCUT2D eigenvalue weighted by atomic mass is 10.1. The van der Waals surface area contributed by atoms with Gasteiger partial charge in [0.25, 0.3) is 0 Å². The number of nitrogens with zero attached hydrogens (tertiary/aromatic N) is 2. The molecule has 24 heavy (non-hydrogen) atoms. The molecule has 1 N–H and O–H groups in total. The van der Waals surface area contributed by atoms with E-state index < -0.39 is 0 Å². The van der Waals surface area contributed by atoms with Crippen LogP contribution in [0, 0.1) is 0 Å². The van der Waals surface area contributed by atoms with Gasteiger partial charge in [0.15, 0.2) is 0 Å². The minimum Gasteiger partial charge on any atom is -0.496 e. The number of pyridine rings is 1. The number of benzene rings is 1. The molecule has 2 aromatic rings. The third-order valence-corrected chi connectivity index (χ3v) is 4.62. The number of anilines is 1. The van der Waals surface area contributed by atoms with Gasteiger partial charge >= 0.3 is 0 Å². The topological polar surface area (TPSA) is 37.4 Å². The smallest absolute Gasteiger partial charge is 0.131 e. The van der Waals surface area contributed by atoms with Gasteiger partial charge in [-0.25, -0.2) is 0 Å². The van der Waals surface area contributed by atoms with Crippen LogP contribution in [0.4, 0.5) is 5.69 Å². The number of nitrogens with one attached hydrogen (secondary N) is 1. The van der Waals surface area contributed by atoms with Gasteiger partial charge in [-0.15, -0.1) is 0 Å². The molecule has 1 atom stereocenters. The summed E-state index contributed by atoms with van der Waals surface area (Å²) in [5, 5.41) is 5.23. The first-order chi connectivity index (χ1) is 11.6. The Morgan fingerprint density at radius 1 is 1.29 bits per heavy atom. The molecule has 1 aromatic heterocycles. The highest BCUT2D eigenvalue weighted by Gasteiger charge is 2.12. The van der Waals surface area contributed by atoms with Crippen molar-refractivity contribution in [1.82, 2.24) is 9.88 Å². The normalized spacial score (nSPS) is 12.6. The van der Waals surface area contributed by atoms with E-state index in [-0.39, 0.29) is 0 Å². The van der Waals surface area contributed by atoms with E-state index in [2.05, 4.69) is 36.0 Å². The first-order valence-electron chi connectivity index (χ1n) is 8.70. The van der Waals surface area contributed by atoms with Crippen LogP contribution in [0.5, 0.6) is 5.75 Å². The average Bonchev–Trinajstić information content (AvgIpc) is 2.58. The zero-order valence-electron chi connectivity index (χ0n) is 15.1. The Morgan fingerprint density at radius 2 is 2.04 bits per heavy atom. The molecule has 4 nitrogen and oxygen atoms in total. The number of hydrogen-bond donors (Lipinski definition) is 1. The third-order valence-electron chi connectivity index (χ3n) is 4.40.